The molecule has 0 bridgehead atoms. The van der Waals surface area contributed by atoms with Crippen LogP contribution in [-0.2, 0) is 12.7 Å². The summed E-state index contributed by atoms with van der Waals surface area (Å²) in [5, 5.41) is 11.6. The van der Waals surface area contributed by atoms with Crippen molar-refractivity contribution in [1.29, 1.82) is 0 Å². The molecule has 0 aliphatic heterocycles. The standard InChI is InChI=1S/C32H23ClF3N5O4S/c1-15-10-18(6-7-37-15)26-23(32(34,35)36)13-24-28(40-26)30(42)41(17(3)39-24)8-9-45-25-5-4-19(33)12-20(25)21-11-16(2)38-27-22(31(43)44)14-46-29(21)27/h4-7,10-14H,8-9H2,1-3H3,(H,43,44). The summed E-state index contributed by atoms with van der Waals surface area (Å²) in [6.07, 6.45) is -3.36. The molecule has 9 nitrogen and oxygen atoms in total. The van der Waals surface area contributed by atoms with E-state index in [2.05, 4.69) is 19.9 Å². The number of thiophene rings is 1. The molecule has 0 saturated heterocycles. The third-order valence-electron chi connectivity index (χ3n) is 7.28. The maximum absolute atomic E-state index is 14.1. The van der Waals surface area contributed by atoms with E-state index in [0.717, 1.165) is 6.07 Å². The molecule has 0 unspecified atom stereocenters. The van der Waals surface area contributed by atoms with Crippen molar-refractivity contribution in [2.24, 2.45) is 0 Å². The zero-order valence-corrected chi connectivity index (χ0v) is 26.0. The van der Waals surface area contributed by atoms with Crippen LogP contribution < -0.4 is 10.3 Å². The number of rotatable bonds is 7. The van der Waals surface area contributed by atoms with Gasteiger partial charge in [-0.2, -0.15) is 13.2 Å². The maximum atomic E-state index is 14.1. The number of nitrogens with zero attached hydrogens (tertiary/aromatic N) is 5. The molecule has 46 heavy (non-hydrogen) atoms. The van der Waals surface area contributed by atoms with Crippen molar-refractivity contribution >= 4 is 50.2 Å². The van der Waals surface area contributed by atoms with E-state index in [1.54, 1.807) is 32.0 Å². The number of aryl methyl sites for hydroxylation is 3. The molecule has 6 aromatic rings. The molecule has 0 aliphatic carbocycles. The van der Waals surface area contributed by atoms with Gasteiger partial charge in [0.2, 0.25) is 0 Å². The van der Waals surface area contributed by atoms with Crippen molar-refractivity contribution in [3.63, 3.8) is 0 Å². The van der Waals surface area contributed by atoms with Crippen LogP contribution in [0.15, 0.2) is 58.8 Å². The molecule has 0 atom stereocenters. The number of benzene rings is 1. The smallest absolute Gasteiger partial charge is 0.418 e. The van der Waals surface area contributed by atoms with E-state index in [1.807, 2.05) is 6.07 Å². The number of carbonyl (C=O) groups is 1. The van der Waals surface area contributed by atoms with E-state index >= 15 is 0 Å². The molecular formula is C32H23ClF3N5O4S. The van der Waals surface area contributed by atoms with Gasteiger partial charge in [0.15, 0.2) is 5.52 Å². The largest absolute Gasteiger partial charge is 0.491 e. The Labute approximate surface area is 267 Å². The molecule has 6 rings (SSSR count). The highest BCUT2D eigenvalue weighted by molar-refractivity contribution is 7.18. The Balaban J connectivity index is 1.37. The minimum absolute atomic E-state index is 0.00895. The summed E-state index contributed by atoms with van der Waals surface area (Å²) in [5.74, 6) is -0.481. The average molecular weight is 666 g/mol. The number of aromatic carboxylic acids is 1. The number of hydrogen-bond donors (Lipinski definition) is 1. The molecule has 0 amide bonds. The summed E-state index contributed by atoms with van der Waals surface area (Å²) in [6.45, 7) is 4.92. The Kier molecular flexibility index (Phi) is 7.99. The summed E-state index contributed by atoms with van der Waals surface area (Å²) < 4.78 is 50.3. The van der Waals surface area contributed by atoms with Crippen molar-refractivity contribution in [3.8, 4) is 28.1 Å². The van der Waals surface area contributed by atoms with Crippen LogP contribution in [0.4, 0.5) is 13.2 Å². The highest BCUT2D eigenvalue weighted by Crippen LogP contribution is 2.41. The summed E-state index contributed by atoms with van der Waals surface area (Å²) >= 11 is 7.59. The van der Waals surface area contributed by atoms with E-state index in [-0.39, 0.29) is 46.8 Å². The van der Waals surface area contributed by atoms with Gasteiger partial charge in [0.25, 0.3) is 5.56 Å². The second kappa shape index (κ2) is 11.8. The molecule has 0 aliphatic rings. The molecule has 1 aromatic carbocycles. The molecule has 0 fully saturated rings. The lowest BCUT2D eigenvalue weighted by Gasteiger charge is -2.17. The minimum atomic E-state index is -4.74. The van der Waals surface area contributed by atoms with Crippen LogP contribution in [0.5, 0.6) is 5.75 Å². The molecule has 1 N–H and O–H groups in total. The molecule has 234 valence electrons. The van der Waals surface area contributed by atoms with Crippen LogP contribution in [0.1, 0.15) is 33.1 Å². The number of hydrogen-bond acceptors (Lipinski definition) is 8. The fraction of sp³-hybridized carbons (Fsp3) is 0.188. The quantitative estimate of drug-likeness (QED) is 0.186. The Morgan fingerprint density at radius 1 is 1.00 bits per heavy atom. The predicted molar refractivity (Wildman–Crippen MR) is 169 cm³/mol. The Hall–Kier alpha value is -4.88. The maximum Gasteiger partial charge on any atom is 0.418 e. The van der Waals surface area contributed by atoms with Crippen molar-refractivity contribution < 1.29 is 27.8 Å². The van der Waals surface area contributed by atoms with E-state index in [1.165, 1.54) is 46.5 Å². The summed E-state index contributed by atoms with van der Waals surface area (Å²) in [4.78, 5) is 42.3. The number of ether oxygens (including phenoxy) is 1. The van der Waals surface area contributed by atoms with Crippen molar-refractivity contribution in [1.82, 2.24) is 24.5 Å². The highest BCUT2D eigenvalue weighted by atomic mass is 35.5. The van der Waals surface area contributed by atoms with Crippen LogP contribution in [0.2, 0.25) is 5.02 Å². The van der Waals surface area contributed by atoms with E-state index in [0.29, 0.717) is 43.5 Å². The number of aromatic nitrogens is 5. The molecule has 5 heterocycles. The first-order chi connectivity index (χ1) is 21.8. The summed E-state index contributed by atoms with van der Waals surface area (Å²) in [6, 6.07) is 10.5. The van der Waals surface area contributed by atoms with Crippen molar-refractivity contribution in [2.75, 3.05) is 6.61 Å². The van der Waals surface area contributed by atoms with Gasteiger partial charge in [-0.1, -0.05) is 11.6 Å². The zero-order valence-electron chi connectivity index (χ0n) is 24.4. The van der Waals surface area contributed by atoms with E-state index < -0.39 is 23.3 Å². The van der Waals surface area contributed by atoms with Crippen LogP contribution in [0, 0.1) is 20.8 Å². The monoisotopic (exact) mass is 665 g/mol. The Morgan fingerprint density at radius 2 is 1.78 bits per heavy atom. The fourth-order valence-electron chi connectivity index (χ4n) is 5.22. The number of pyridine rings is 3. The minimum Gasteiger partial charge on any atom is -0.491 e. The van der Waals surface area contributed by atoms with Crippen molar-refractivity contribution in [3.05, 3.63) is 97.8 Å². The van der Waals surface area contributed by atoms with Gasteiger partial charge in [0.1, 0.15) is 18.2 Å². The fourth-order valence-corrected chi connectivity index (χ4v) is 6.40. The zero-order chi connectivity index (χ0) is 32.9. The second-order valence-electron chi connectivity index (χ2n) is 10.5. The van der Waals surface area contributed by atoms with Crippen LogP contribution >= 0.6 is 22.9 Å². The van der Waals surface area contributed by atoms with Gasteiger partial charge >= 0.3 is 12.1 Å². The van der Waals surface area contributed by atoms with Gasteiger partial charge in [-0.15, -0.1) is 11.3 Å². The number of carboxylic acids is 1. The molecule has 0 spiro atoms. The van der Waals surface area contributed by atoms with E-state index in [9.17, 15) is 27.9 Å². The number of fused-ring (bicyclic) bond motifs is 2. The van der Waals surface area contributed by atoms with Gasteiger partial charge in [-0.3, -0.25) is 19.3 Å². The van der Waals surface area contributed by atoms with Crippen LogP contribution in [0.3, 0.4) is 0 Å². The van der Waals surface area contributed by atoms with Gasteiger partial charge in [0.05, 0.1) is 39.1 Å². The Morgan fingerprint density at radius 3 is 2.50 bits per heavy atom. The van der Waals surface area contributed by atoms with Crippen LogP contribution in [-0.4, -0.2) is 42.2 Å². The lowest BCUT2D eigenvalue weighted by molar-refractivity contribution is -0.137. The highest BCUT2D eigenvalue weighted by Gasteiger charge is 2.36. The summed E-state index contributed by atoms with van der Waals surface area (Å²) in [5.41, 5.74) is 0.598. The first-order valence-corrected chi connectivity index (χ1v) is 15.0. The number of alkyl halides is 3. The lowest BCUT2D eigenvalue weighted by atomic mass is 10.0. The Bertz CT molecular complexity index is 2250. The number of halogens is 4. The van der Waals surface area contributed by atoms with Gasteiger partial charge < -0.3 is 9.84 Å². The normalized spacial score (nSPS) is 11.8. The van der Waals surface area contributed by atoms with Gasteiger partial charge in [-0.25, -0.2) is 14.8 Å². The van der Waals surface area contributed by atoms with Crippen molar-refractivity contribution in [2.45, 2.75) is 33.5 Å². The lowest BCUT2D eigenvalue weighted by Crippen LogP contribution is -2.27. The SMILES string of the molecule is Cc1cc(-c2nc3c(=O)n(CCOc4ccc(Cl)cc4-c4cc(C)nc5c(C(=O)O)csc45)c(C)nc3cc2C(F)(F)F)ccn1. The third-order valence-corrected chi connectivity index (χ3v) is 8.52. The topological polar surface area (TPSA) is 120 Å². The third kappa shape index (κ3) is 5.79. The van der Waals surface area contributed by atoms with Crippen LogP contribution in [0.25, 0.3) is 43.6 Å². The molecular weight excluding hydrogens is 643 g/mol. The first-order valence-electron chi connectivity index (χ1n) is 13.8. The van der Waals surface area contributed by atoms with E-state index in [4.69, 9.17) is 16.3 Å². The molecule has 5 aromatic heterocycles. The van der Waals surface area contributed by atoms with Gasteiger partial charge in [0, 0.05) is 44.7 Å². The predicted octanol–water partition coefficient (Wildman–Crippen LogP) is 7.50. The molecule has 14 heteroatoms. The summed E-state index contributed by atoms with van der Waals surface area (Å²) in [7, 11) is 0. The number of carboxylic acid groups (broad SMARTS) is 1. The first kappa shape index (κ1) is 31.1. The molecule has 0 radical (unpaired) electrons. The average Bonchev–Trinajstić information content (AvgIpc) is 3.42. The second-order valence-corrected chi connectivity index (χ2v) is 11.8. The van der Waals surface area contributed by atoms with Gasteiger partial charge in [-0.05, 0) is 63.2 Å². The molecule has 0 saturated carbocycles.